The second-order valence-electron chi connectivity index (χ2n) is 6.48. The molecule has 0 fully saturated rings. The average molecular weight is 364 g/mol. The Hall–Kier alpha value is -3.41. The van der Waals surface area contributed by atoms with Gasteiger partial charge in [0.05, 0.1) is 18.0 Å². The van der Waals surface area contributed by atoms with Crippen molar-refractivity contribution in [3.8, 4) is 11.3 Å². The fourth-order valence-corrected chi connectivity index (χ4v) is 3.14. The van der Waals surface area contributed by atoms with Gasteiger partial charge in [0.1, 0.15) is 11.6 Å². The Labute approximate surface area is 155 Å². The molecule has 136 valence electrons. The highest BCUT2D eigenvalue weighted by Gasteiger charge is 2.21. The van der Waals surface area contributed by atoms with E-state index in [1.54, 1.807) is 24.3 Å². The number of hydrogen-bond donors (Lipinski definition) is 2. The van der Waals surface area contributed by atoms with E-state index in [0.29, 0.717) is 17.7 Å². The topological polar surface area (TPSA) is 71.3 Å². The van der Waals surface area contributed by atoms with E-state index in [1.165, 1.54) is 12.1 Å². The number of rotatable bonds is 4. The van der Waals surface area contributed by atoms with Gasteiger partial charge in [0.15, 0.2) is 5.76 Å². The van der Waals surface area contributed by atoms with Crippen LogP contribution >= 0.6 is 0 Å². The Balaban J connectivity index is 1.49. The summed E-state index contributed by atoms with van der Waals surface area (Å²) >= 11 is 0. The SMILES string of the molecule is C[C@@H](NC(=O)c1ccc(-c2ccccc2F)o1)c1ccc2c(c1)CC(=O)N2. The maximum atomic E-state index is 13.9. The van der Waals surface area contributed by atoms with E-state index in [0.717, 1.165) is 16.8 Å². The lowest BCUT2D eigenvalue weighted by atomic mass is 10.0. The largest absolute Gasteiger partial charge is 0.451 e. The van der Waals surface area contributed by atoms with Gasteiger partial charge >= 0.3 is 0 Å². The van der Waals surface area contributed by atoms with Gasteiger partial charge in [-0.15, -0.1) is 0 Å². The zero-order valence-corrected chi connectivity index (χ0v) is 14.6. The van der Waals surface area contributed by atoms with Crippen LogP contribution in [0, 0.1) is 5.82 Å². The van der Waals surface area contributed by atoms with Gasteiger partial charge in [0, 0.05) is 5.69 Å². The van der Waals surface area contributed by atoms with Crippen molar-refractivity contribution in [1.82, 2.24) is 5.32 Å². The second kappa shape index (κ2) is 6.72. The molecule has 1 aliphatic rings. The monoisotopic (exact) mass is 364 g/mol. The zero-order chi connectivity index (χ0) is 19.0. The quantitative estimate of drug-likeness (QED) is 0.733. The Bertz CT molecular complexity index is 1040. The average Bonchev–Trinajstić information content (AvgIpc) is 3.27. The molecule has 0 radical (unpaired) electrons. The van der Waals surface area contributed by atoms with Crippen LogP contribution in [0.5, 0.6) is 0 Å². The second-order valence-corrected chi connectivity index (χ2v) is 6.48. The number of carbonyl (C=O) groups is 2. The van der Waals surface area contributed by atoms with Crippen molar-refractivity contribution in [3.05, 3.63) is 77.3 Å². The van der Waals surface area contributed by atoms with E-state index in [1.807, 2.05) is 25.1 Å². The Kier molecular flexibility index (Phi) is 4.24. The van der Waals surface area contributed by atoms with Gasteiger partial charge in [-0.1, -0.05) is 24.3 Å². The zero-order valence-electron chi connectivity index (χ0n) is 14.6. The highest BCUT2D eigenvalue weighted by atomic mass is 19.1. The molecular formula is C21H17FN2O3. The number of nitrogens with one attached hydrogen (secondary N) is 2. The summed E-state index contributed by atoms with van der Waals surface area (Å²) in [5.41, 5.74) is 2.92. The fraction of sp³-hybridized carbons (Fsp3) is 0.143. The van der Waals surface area contributed by atoms with Crippen LogP contribution in [0.2, 0.25) is 0 Å². The number of hydrogen-bond acceptors (Lipinski definition) is 3. The van der Waals surface area contributed by atoms with Gasteiger partial charge in [-0.2, -0.15) is 0 Å². The molecule has 6 heteroatoms. The first-order valence-electron chi connectivity index (χ1n) is 8.59. The van der Waals surface area contributed by atoms with E-state index in [4.69, 9.17) is 4.42 Å². The molecule has 2 aromatic carbocycles. The maximum Gasteiger partial charge on any atom is 0.287 e. The highest BCUT2D eigenvalue weighted by Crippen LogP contribution is 2.27. The molecule has 0 bridgehead atoms. The normalized spacial score (nSPS) is 13.8. The van der Waals surface area contributed by atoms with Crippen molar-refractivity contribution < 1.29 is 18.4 Å². The standard InChI is InChI=1S/C21H17FN2O3/c1-12(13-6-7-17-14(10-13)11-20(25)24-17)23-21(26)19-9-8-18(27-19)15-4-2-3-5-16(15)22/h2-10,12H,11H2,1H3,(H,23,26)(H,24,25)/t12-/m1/s1. The predicted octanol–water partition coefficient (Wildman–Crippen LogP) is 4.07. The Morgan fingerprint density at radius 3 is 2.81 bits per heavy atom. The van der Waals surface area contributed by atoms with Crippen molar-refractivity contribution in [2.45, 2.75) is 19.4 Å². The molecule has 3 aromatic rings. The van der Waals surface area contributed by atoms with Crippen LogP contribution in [0.3, 0.4) is 0 Å². The van der Waals surface area contributed by atoms with E-state index in [9.17, 15) is 14.0 Å². The lowest BCUT2D eigenvalue weighted by molar-refractivity contribution is -0.115. The van der Waals surface area contributed by atoms with Gasteiger partial charge in [0.25, 0.3) is 5.91 Å². The van der Waals surface area contributed by atoms with Crippen LogP contribution in [0.4, 0.5) is 10.1 Å². The molecule has 0 saturated heterocycles. The molecule has 1 aliphatic heterocycles. The number of benzene rings is 2. The Morgan fingerprint density at radius 2 is 2.00 bits per heavy atom. The van der Waals surface area contributed by atoms with Crippen molar-refractivity contribution in [2.24, 2.45) is 0 Å². The maximum absolute atomic E-state index is 13.9. The molecule has 5 nitrogen and oxygen atoms in total. The summed E-state index contributed by atoms with van der Waals surface area (Å²) < 4.78 is 19.4. The van der Waals surface area contributed by atoms with Crippen LogP contribution in [-0.4, -0.2) is 11.8 Å². The molecule has 2 heterocycles. The molecule has 0 spiro atoms. The van der Waals surface area contributed by atoms with Crippen LogP contribution < -0.4 is 10.6 Å². The number of anilines is 1. The van der Waals surface area contributed by atoms with Gasteiger partial charge in [-0.05, 0) is 48.4 Å². The van der Waals surface area contributed by atoms with Crippen molar-refractivity contribution in [1.29, 1.82) is 0 Å². The molecule has 0 unspecified atom stereocenters. The minimum absolute atomic E-state index is 0.0323. The summed E-state index contributed by atoms with van der Waals surface area (Å²) in [6, 6.07) is 14.7. The minimum Gasteiger partial charge on any atom is -0.451 e. The Morgan fingerprint density at radius 1 is 1.19 bits per heavy atom. The van der Waals surface area contributed by atoms with E-state index >= 15 is 0 Å². The number of amides is 2. The van der Waals surface area contributed by atoms with Crippen molar-refractivity contribution >= 4 is 17.5 Å². The number of halogens is 1. The molecule has 4 rings (SSSR count). The fourth-order valence-electron chi connectivity index (χ4n) is 3.14. The first-order valence-corrected chi connectivity index (χ1v) is 8.59. The van der Waals surface area contributed by atoms with Crippen molar-refractivity contribution in [3.63, 3.8) is 0 Å². The van der Waals surface area contributed by atoms with E-state index < -0.39 is 5.82 Å². The molecule has 27 heavy (non-hydrogen) atoms. The van der Waals surface area contributed by atoms with E-state index in [2.05, 4.69) is 10.6 Å². The van der Waals surface area contributed by atoms with Gasteiger partial charge in [0.2, 0.25) is 5.91 Å². The smallest absolute Gasteiger partial charge is 0.287 e. The first kappa shape index (κ1) is 17.0. The summed E-state index contributed by atoms with van der Waals surface area (Å²) in [5, 5.41) is 5.64. The summed E-state index contributed by atoms with van der Waals surface area (Å²) in [6.07, 6.45) is 0.341. The molecule has 1 atom stereocenters. The molecule has 1 aromatic heterocycles. The summed E-state index contributed by atoms with van der Waals surface area (Å²) in [6.45, 7) is 1.85. The summed E-state index contributed by atoms with van der Waals surface area (Å²) in [4.78, 5) is 23.9. The highest BCUT2D eigenvalue weighted by molar-refractivity contribution is 5.99. The van der Waals surface area contributed by atoms with Crippen LogP contribution in [-0.2, 0) is 11.2 Å². The minimum atomic E-state index is -0.409. The third-order valence-electron chi connectivity index (χ3n) is 4.57. The summed E-state index contributed by atoms with van der Waals surface area (Å²) in [5.74, 6) is -0.422. The lowest BCUT2D eigenvalue weighted by Gasteiger charge is -2.14. The van der Waals surface area contributed by atoms with E-state index in [-0.39, 0.29) is 23.6 Å². The van der Waals surface area contributed by atoms with Crippen LogP contribution in [0.25, 0.3) is 11.3 Å². The molecule has 2 N–H and O–H groups in total. The molecule has 0 saturated carbocycles. The van der Waals surface area contributed by atoms with Crippen LogP contribution in [0.15, 0.2) is 59.0 Å². The van der Waals surface area contributed by atoms with Crippen LogP contribution in [0.1, 0.15) is 34.6 Å². The third kappa shape index (κ3) is 3.33. The van der Waals surface area contributed by atoms with Gasteiger partial charge in [-0.25, -0.2) is 4.39 Å². The number of furan rings is 1. The number of carbonyl (C=O) groups excluding carboxylic acids is 2. The molecular weight excluding hydrogens is 347 g/mol. The lowest BCUT2D eigenvalue weighted by Crippen LogP contribution is -2.26. The summed E-state index contributed by atoms with van der Waals surface area (Å²) in [7, 11) is 0. The van der Waals surface area contributed by atoms with Gasteiger partial charge in [-0.3, -0.25) is 9.59 Å². The first-order chi connectivity index (χ1) is 13.0. The van der Waals surface area contributed by atoms with Gasteiger partial charge < -0.3 is 15.1 Å². The third-order valence-corrected chi connectivity index (χ3v) is 4.57. The van der Waals surface area contributed by atoms with Crippen molar-refractivity contribution in [2.75, 3.05) is 5.32 Å². The molecule has 0 aliphatic carbocycles. The predicted molar refractivity (Wildman–Crippen MR) is 98.8 cm³/mol. The molecule has 2 amide bonds. The number of fused-ring (bicyclic) bond motifs is 1.